The summed E-state index contributed by atoms with van der Waals surface area (Å²) in [7, 11) is 0. The molecule has 1 heteroatoms. The van der Waals surface area contributed by atoms with E-state index in [-0.39, 0.29) is 5.54 Å². The maximum atomic E-state index is 6.72. The van der Waals surface area contributed by atoms with E-state index in [1.807, 2.05) is 0 Å². The van der Waals surface area contributed by atoms with Crippen molar-refractivity contribution < 1.29 is 0 Å². The average molecular weight is 279 g/mol. The van der Waals surface area contributed by atoms with Gasteiger partial charge in [0.05, 0.1) is 0 Å². The maximum Gasteiger partial charge on any atom is 0.0409 e. The minimum Gasteiger partial charge on any atom is -0.321 e. The van der Waals surface area contributed by atoms with Crippen molar-refractivity contribution in [1.82, 2.24) is 0 Å². The standard InChI is InChI=1S/C20H25N/c1-2-16-11-12-18(20(21)13-7-4-8-14-20)15-19(16)17-9-5-3-6-10-17/h3,5-6,9-12,15H,2,4,7-8,13-14,21H2,1H3. The molecule has 0 aliphatic heterocycles. The summed E-state index contributed by atoms with van der Waals surface area (Å²) in [5.41, 5.74) is 12.0. The minimum absolute atomic E-state index is 0.117. The molecule has 2 aromatic rings. The highest BCUT2D eigenvalue weighted by atomic mass is 14.7. The third-order valence-corrected chi connectivity index (χ3v) is 4.90. The third kappa shape index (κ3) is 2.89. The zero-order valence-electron chi connectivity index (χ0n) is 12.9. The monoisotopic (exact) mass is 279 g/mol. The Morgan fingerprint density at radius 1 is 0.952 bits per heavy atom. The van der Waals surface area contributed by atoms with Crippen LogP contribution in [0, 0.1) is 0 Å². The summed E-state index contributed by atoms with van der Waals surface area (Å²) >= 11 is 0. The molecule has 1 aliphatic carbocycles. The second-order valence-electron chi connectivity index (χ2n) is 6.31. The Hall–Kier alpha value is -1.60. The number of aryl methyl sites for hydroxylation is 1. The Kier molecular flexibility index (Phi) is 4.12. The molecule has 1 saturated carbocycles. The van der Waals surface area contributed by atoms with E-state index >= 15 is 0 Å². The van der Waals surface area contributed by atoms with Gasteiger partial charge in [-0.2, -0.15) is 0 Å². The molecule has 0 amide bonds. The van der Waals surface area contributed by atoms with Crippen molar-refractivity contribution in [3.05, 3.63) is 59.7 Å². The molecule has 110 valence electrons. The van der Waals surface area contributed by atoms with Crippen molar-refractivity contribution in [3.63, 3.8) is 0 Å². The molecule has 2 aromatic carbocycles. The average Bonchev–Trinajstić information content (AvgIpc) is 2.56. The summed E-state index contributed by atoms with van der Waals surface area (Å²) in [6.45, 7) is 2.22. The van der Waals surface area contributed by atoms with Crippen LogP contribution in [0.5, 0.6) is 0 Å². The summed E-state index contributed by atoms with van der Waals surface area (Å²) in [5, 5.41) is 0. The lowest BCUT2D eigenvalue weighted by molar-refractivity contribution is 0.302. The molecule has 0 spiro atoms. The van der Waals surface area contributed by atoms with Gasteiger partial charge < -0.3 is 5.73 Å². The zero-order valence-corrected chi connectivity index (χ0v) is 12.9. The van der Waals surface area contributed by atoms with Crippen LogP contribution in [0.3, 0.4) is 0 Å². The molecule has 0 heterocycles. The highest BCUT2D eigenvalue weighted by Gasteiger charge is 2.29. The lowest BCUT2D eigenvalue weighted by Crippen LogP contribution is -2.38. The van der Waals surface area contributed by atoms with Gasteiger partial charge in [0.1, 0.15) is 0 Å². The highest BCUT2D eigenvalue weighted by Crippen LogP contribution is 2.37. The smallest absolute Gasteiger partial charge is 0.0409 e. The van der Waals surface area contributed by atoms with Crippen LogP contribution in [-0.2, 0) is 12.0 Å². The molecule has 0 saturated heterocycles. The lowest BCUT2D eigenvalue weighted by atomic mass is 9.76. The van der Waals surface area contributed by atoms with E-state index in [1.165, 1.54) is 41.5 Å². The molecule has 3 rings (SSSR count). The van der Waals surface area contributed by atoms with Crippen molar-refractivity contribution in [2.45, 2.75) is 51.0 Å². The zero-order chi connectivity index (χ0) is 14.7. The van der Waals surface area contributed by atoms with Crippen molar-refractivity contribution in [3.8, 4) is 11.1 Å². The van der Waals surface area contributed by atoms with Crippen LogP contribution >= 0.6 is 0 Å². The highest BCUT2D eigenvalue weighted by molar-refractivity contribution is 5.68. The predicted molar refractivity (Wildman–Crippen MR) is 90.2 cm³/mol. The number of nitrogens with two attached hydrogens (primary N) is 1. The minimum atomic E-state index is -0.117. The molecule has 0 atom stereocenters. The molecule has 0 bridgehead atoms. The van der Waals surface area contributed by atoms with Gasteiger partial charge in [0.2, 0.25) is 0 Å². The van der Waals surface area contributed by atoms with E-state index in [0.29, 0.717) is 0 Å². The van der Waals surface area contributed by atoms with E-state index in [4.69, 9.17) is 5.73 Å². The lowest BCUT2D eigenvalue weighted by Gasteiger charge is -2.34. The van der Waals surface area contributed by atoms with Gasteiger partial charge in [-0.1, -0.05) is 68.7 Å². The molecule has 1 nitrogen and oxygen atoms in total. The van der Waals surface area contributed by atoms with Crippen LogP contribution in [-0.4, -0.2) is 0 Å². The number of rotatable bonds is 3. The summed E-state index contributed by atoms with van der Waals surface area (Å²) in [4.78, 5) is 0. The molecule has 2 N–H and O–H groups in total. The molecule has 1 fully saturated rings. The molecule has 0 aromatic heterocycles. The number of hydrogen-bond donors (Lipinski definition) is 1. The fraction of sp³-hybridized carbons (Fsp3) is 0.400. The van der Waals surface area contributed by atoms with E-state index in [0.717, 1.165) is 19.3 Å². The summed E-state index contributed by atoms with van der Waals surface area (Å²) in [6, 6.07) is 17.6. The predicted octanol–water partition coefficient (Wildman–Crippen LogP) is 5.03. The van der Waals surface area contributed by atoms with E-state index in [1.54, 1.807) is 0 Å². The van der Waals surface area contributed by atoms with Gasteiger partial charge in [0.25, 0.3) is 0 Å². The SMILES string of the molecule is CCc1ccc(C2(N)CCCCC2)cc1-c1ccccc1. The van der Waals surface area contributed by atoms with Gasteiger partial charge in [-0.3, -0.25) is 0 Å². The van der Waals surface area contributed by atoms with Crippen LogP contribution in [0.25, 0.3) is 11.1 Å². The topological polar surface area (TPSA) is 26.0 Å². The maximum absolute atomic E-state index is 6.72. The molecular weight excluding hydrogens is 254 g/mol. The first kappa shape index (κ1) is 14.3. The first-order valence-corrected chi connectivity index (χ1v) is 8.21. The number of hydrogen-bond acceptors (Lipinski definition) is 1. The fourth-order valence-corrected chi connectivity index (χ4v) is 3.55. The normalized spacial score (nSPS) is 17.6. The third-order valence-electron chi connectivity index (χ3n) is 4.90. The first-order chi connectivity index (χ1) is 10.2. The van der Waals surface area contributed by atoms with Gasteiger partial charge in [-0.15, -0.1) is 0 Å². The van der Waals surface area contributed by atoms with Crippen molar-refractivity contribution in [2.24, 2.45) is 5.73 Å². The Morgan fingerprint density at radius 2 is 1.67 bits per heavy atom. The second-order valence-corrected chi connectivity index (χ2v) is 6.31. The molecule has 1 aliphatic rings. The van der Waals surface area contributed by atoms with Crippen LogP contribution < -0.4 is 5.73 Å². The molecular formula is C20H25N. The Balaban J connectivity index is 2.05. The van der Waals surface area contributed by atoms with Crippen molar-refractivity contribution in [2.75, 3.05) is 0 Å². The van der Waals surface area contributed by atoms with Crippen molar-refractivity contribution in [1.29, 1.82) is 0 Å². The van der Waals surface area contributed by atoms with Crippen LogP contribution in [0.15, 0.2) is 48.5 Å². The van der Waals surface area contributed by atoms with Crippen LogP contribution in [0.4, 0.5) is 0 Å². The first-order valence-electron chi connectivity index (χ1n) is 8.21. The molecule has 0 radical (unpaired) electrons. The number of benzene rings is 2. The summed E-state index contributed by atoms with van der Waals surface area (Å²) < 4.78 is 0. The van der Waals surface area contributed by atoms with Crippen LogP contribution in [0.1, 0.15) is 50.2 Å². The molecule has 0 unspecified atom stereocenters. The largest absolute Gasteiger partial charge is 0.321 e. The quantitative estimate of drug-likeness (QED) is 0.837. The van der Waals surface area contributed by atoms with E-state index in [9.17, 15) is 0 Å². The van der Waals surface area contributed by atoms with Gasteiger partial charge in [0, 0.05) is 5.54 Å². The summed E-state index contributed by atoms with van der Waals surface area (Å²) in [5.74, 6) is 0. The van der Waals surface area contributed by atoms with Crippen LogP contribution in [0.2, 0.25) is 0 Å². The van der Waals surface area contributed by atoms with E-state index < -0.39 is 0 Å². The van der Waals surface area contributed by atoms with E-state index in [2.05, 4.69) is 55.5 Å². The second kappa shape index (κ2) is 6.03. The Morgan fingerprint density at radius 3 is 2.33 bits per heavy atom. The van der Waals surface area contributed by atoms with Gasteiger partial charge in [0.15, 0.2) is 0 Å². The van der Waals surface area contributed by atoms with Gasteiger partial charge in [-0.25, -0.2) is 0 Å². The summed E-state index contributed by atoms with van der Waals surface area (Å²) in [6.07, 6.45) is 7.14. The Labute approximate surface area is 128 Å². The molecule has 21 heavy (non-hydrogen) atoms. The van der Waals surface area contributed by atoms with Crippen molar-refractivity contribution >= 4 is 0 Å². The fourth-order valence-electron chi connectivity index (χ4n) is 3.55. The Bertz CT molecular complexity index is 594. The van der Waals surface area contributed by atoms with Gasteiger partial charge in [-0.05, 0) is 47.6 Å². The van der Waals surface area contributed by atoms with Gasteiger partial charge >= 0.3 is 0 Å².